The Hall–Kier alpha value is -4.93. The molecule has 0 N–H and O–H groups in total. The molecule has 1 aliphatic rings. The third-order valence-electron chi connectivity index (χ3n) is 7.62. The Morgan fingerprint density at radius 3 is 2.46 bits per heavy atom. The van der Waals surface area contributed by atoms with Crippen molar-refractivity contribution in [1.29, 1.82) is 0 Å². The van der Waals surface area contributed by atoms with Crippen LogP contribution in [0.1, 0.15) is 45.8 Å². The number of carbonyl (C=O) groups is 2. The van der Waals surface area contributed by atoms with Gasteiger partial charge in [0.1, 0.15) is 11.5 Å². The van der Waals surface area contributed by atoms with E-state index in [1.807, 2.05) is 79.9 Å². The smallest absolute Gasteiger partial charge is 0.338 e. The van der Waals surface area contributed by atoms with Crippen LogP contribution in [0.15, 0.2) is 110 Å². The van der Waals surface area contributed by atoms with Gasteiger partial charge in [-0.2, -0.15) is 0 Å². The van der Waals surface area contributed by atoms with Crippen LogP contribution in [-0.2, 0) is 14.3 Å². The highest BCUT2D eigenvalue weighted by Gasteiger charge is 2.35. The van der Waals surface area contributed by atoms with Crippen molar-refractivity contribution in [3.63, 3.8) is 0 Å². The van der Waals surface area contributed by atoms with Crippen LogP contribution >= 0.6 is 23.1 Å². The van der Waals surface area contributed by atoms with E-state index in [2.05, 4.69) is 0 Å². The molecule has 232 valence electrons. The molecule has 0 saturated carbocycles. The minimum absolute atomic E-state index is 0.179. The van der Waals surface area contributed by atoms with Crippen LogP contribution in [0.25, 0.3) is 23.1 Å². The molecular weight excluding hydrogens is 621 g/mol. The largest absolute Gasteiger partial charge is 0.465 e. The lowest BCUT2D eigenvalue weighted by molar-refractivity contribution is -0.138. The van der Waals surface area contributed by atoms with Crippen molar-refractivity contribution in [3.05, 3.63) is 138 Å². The van der Waals surface area contributed by atoms with Crippen LogP contribution in [-0.4, -0.2) is 36.5 Å². The number of nitrogens with zero attached hydrogens (tertiary/aromatic N) is 2. The molecule has 3 aromatic carbocycles. The van der Waals surface area contributed by atoms with Crippen molar-refractivity contribution in [2.45, 2.75) is 24.8 Å². The molecule has 5 aromatic rings. The zero-order valence-electron chi connectivity index (χ0n) is 25.6. The molecule has 0 radical (unpaired) electrons. The number of hydrogen-bond donors (Lipinski definition) is 0. The highest BCUT2D eigenvalue weighted by Crippen LogP contribution is 2.36. The quantitative estimate of drug-likeness (QED) is 0.150. The maximum absolute atomic E-state index is 14.2. The molecule has 10 heteroatoms. The number of aryl methyl sites for hydroxylation is 1. The van der Waals surface area contributed by atoms with Gasteiger partial charge in [0.05, 0.1) is 41.1 Å². The normalized spacial score (nSPS) is 14.5. The lowest BCUT2D eigenvalue weighted by Crippen LogP contribution is -2.40. The summed E-state index contributed by atoms with van der Waals surface area (Å²) in [7, 11) is 1.35. The van der Waals surface area contributed by atoms with E-state index < -0.39 is 18.0 Å². The van der Waals surface area contributed by atoms with Crippen molar-refractivity contribution in [2.24, 2.45) is 4.99 Å². The highest BCUT2D eigenvalue weighted by molar-refractivity contribution is 7.98. The van der Waals surface area contributed by atoms with Crippen LogP contribution in [0.4, 0.5) is 0 Å². The number of hydrogen-bond acceptors (Lipinski definition) is 9. The Kier molecular flexibility index (Phi) is 8.92. The van der Waals surface area contributed by atoms with E-state index in [-0.39, 0.29) is 12.2 Å². The van der Waals surface area contributed by atoms with E-state index in [1.54, 1.807) is 47.5 Å². The summed E-state index contributed by atoms with van der Waals surface area (Å²) in [6, 6.07) is 25.4. The van der Waals surface area contributed by atoms with E-state index in [0.717, 1.165) is 27.1 Å². The Morgan fingerprint density at radius 2 is 1.78 bits per heavy atom. The van der Waals surface area contributed by atoms with Crippen LogP contribution in [0.5, 0.6) is 0 Å². The molecular formula is C36H30N2O6S2. The summed E-state index contributed by atoms with van der Waals surface area (Å²) >= 11 is 2.84. The minimum Gasteiger partial charge on any atom is -0.465 e. The lowest BCUT2D eigenvalue weighted by atomic mass is 9.93. The number of carbonyl (C=O) groups excluding carboxylic acids is 2. The highest BCUT2D eigenvalue weighted by atomic mass is 32.2. The monoisotopic (exact) mass is 650 g/mol. The average molecular weight is 651 g/mol. The zero-order valence-corrected chi connectivity index (χ0v) is 27.2. The number of esters is 2. The van der Waals surface area contributed by atoms with Gasteiger partial charge in [0.2, 0.25) is 0 Å². The number of furan rings is 1. The predicted octanol–water partition coefficient (Wildman–Crippen LogP) is 6.01. The zero-order chi connectivity index (χ0) is 32.4. The van der Waals surface area contributed by atoms with Gasteiger partial charge in [0.15, 0.2) is 4.80 Å². The molecule has 3 heterocycles. The van der Waals surface area contributed by atoms with Gasteiger partial charge in [-0.05, 0) is 67.6 Å². The van der Waals surface area contributed by atoms with E-state index in [0.29, 0.717) is 37.7 Å². The van der Waals surface area contributed by atoms with Gasteiger partial charge in [0, 0.05) is 22.1 Å². The summed E-state index contributed by atoms with van der Waals surface area (Å²) in [5, 5.41) is 0. The first-order valence-corrected chi connectivity index (χ1v) is 16.6. The first kappa shape index (κ1) is 31.1. The summed E-state index contributed by atoms with van der Waals surface area (Å²) in [5.74, 6) is 0.133. The number of methoxy groups -OCH3 is 1. The van der Waals surface area contributed by atoms with Crippen molar-refractivity contribution in [1.82, 2.24) is 4.57 Å². The molecule has 0 amide bonds. The van der Waals surface area contributed by atoms with Gasteiger partial charge < -0.3 is 13.9 Å². The van der Waals surface area contributed by atoms with Gasteiger partial charge in [-0.1, -0.05) is 59.9 Å². The van der Waals surface area contributed by atoms with Crippen LogP contribution in [0.3, 0.4) is 0 Å². The SMILES string of the molecule is CCOC(=O)C1=C(c2ccccc2)N=c2s/c(=C/c3ccc(-c4ccc(C(=O)OC)cc4C)o3)c(=O)n2[C@@H]1c1ccc(SC)cc1. The van der Waals surface area contributed by atoms with Gasteiger partial charge in [-0.3, -0.25) is 9.36 Å². The van der Waals surface area contributed by atoms with Crippen LogP contribution in [0.2, 0.25) is 0 Å². The molecule has 6 rings (SSSR count). The van der Waals surface area contributed by atoms with Crippen LogP contribution in [0, 0.1) is 6.92 Å². The number of benzene rings is 3. The van der Waals surface area contributed by atoms with Crippen molar-refractivity contribution in [2.75, 3.05) is 20.0 Å². The number of thiazole rings is 1. The fraction of sp³-hybridized carbons (Fsp3) is 0.167. The number of aromatic nitrogens is 1. The van der Waals surface area contributed by atoms with E-state index in [4.69, 9.17) is 18.9 Å². The number of ether oxygens (including phenoxy) is 2. The van der Waals surface area contributed by atoms with Crippen molar-refractivity contribution >= 4 is 46.8 Å². The molecule has 1 aliphatic heterocycles. The fourth-order valence-corrected chi connectivity index (χ4v) is 6.82. The summed E-state index contributed by atoms with van der Waals surface area (Å²) in [5.41, 5.74) is 4.09. The Bertz CT molecular complexity index is 2160. The Morgan fingerprint density at radius 1 is 1.02 bits per heavy atom. The predicted molar refractivity (Wildman–Crippen MR) is 180 cm³/mol. The Balaban J connectivity index is 1.51. The standard InChI is InChI=1S/C36H30N2O6S2/c1-5-43-35(41)30-31(22-9-7-6-8-10-22)37-36-38(32(30)23-11-15-26(45-4)16-12-23)33(39)29(46-36)20-25-14-18-28(44-25)27-17-13-24(19-21(27)2)34(40)42-3/h6-20,32H,5H2,1-4H3/b29-20+/t32-/m1/s1. The summed E-state index contributed by atoms with van der Waals surface area (Å²) < 4.78 is 18.5. The molecule has 1 atom stereocenters. The Labute approximate surface area is 273 Å². The fourth-order valence-electron chi connectivity index (χ4n) is 5.43. The number of thioether (sulfide) groups is 1. The summed E-state index contributed by atoms with van der Waals surface area (Å²) in [6.07, 6.45) is 3.68. The van der Waals surface area contributed by atoms with Gasteiger partial charge in [-0.15, -0.1) is 11.8 Å². The second-order valence-electron chi connectivity index (χ2n) is 10.4. The third-order valence-corrected chi connectivity index (χ3v) is 9.34. The van der Waals surface area contributed by atoms with Gasteiger partial charge in [0.25, 0.3) is 5.56 Å². The topological polar surface area (TPSA) is 100 Å². The molecule has 8 nitrogen and oxygen atoms in total. The molecule has 0 unspecified atom stereocenters. The second kappa shape index (κ2) is 13.2. The summed E-state index contributed by atoms with van der Waals surface area (Å²) in [6.45, 7) is 3.82. The van der Waals surface area contributed by atoms with Crippen LogP contribution < -0.4 is 14.9 Å². The third kappa shape index (κ3) is 5.89. The minimum atomic E-state index is -0.758. The van der Waals surface area contributed by atoms with Gasteiger partial charge in [-0.25, -0.2) is 14.6 Å². The van der Waals surface area contributed by atoms with Crippen molar-refractivity contribution < 1.29 is 23.5 Å². The van der Waals surface area contributed by atoms with E-state index >= 15 is 0 Å². The molecule has 0 aliphatic carbocycles. The lowest BCUT2D eigenvalue weighted by Gasteiger charge is -2.26. The molecule has 0 bridgehead atoms. The second-order valence-corrected chi connectivity index (χ2v) is 12.3. The first-order chi connectivity index (χ1) is 22.3. The summed E-state index contributed by atoms with van der Waals surface area (Å²) in [4.78, 5) is 46.2. The molecule has 2 aromatic heterocycles. The number of fused-ring (bicyclic) bond motifs is 1. The van der Waals surface area contributed by atoms with E-state index in [1.165, 1.54) is 18.4 Å². The number of rotatable bonds is 8. The first-order valence-electron chi connectivity index (χ1n) is 14.5. The molecule has 0 spiro atoms. The molecule has 0 saturated heterocycles. The van der Waals surface area contributed by atoms with E-state index in [9.17, 15) is 14.4 Å². The van der Waals surface area contributed by atoms with Gasteiger partial charge >= 0.3 is 11.9 Å². The molecule has 0 fully saturated rings. The maximum atomic E-state index is 14.2. The maximum Gasteiger partial charge on any atom is 0.338 e. The average Bonchev–Trinajstić information content (AvgIpc) is 3.67. The molecule has 46 heavy (non-hydrogen) atoms. The van der Waals surface area contributed by atoms with Crippen molar-refractivity contribution in [3.8, 4) is 11.3 Å².